The molecule has 1 aromatic carbocycles. The molecule has 3 nitrogen and oxygen atoms in total. The summed E-state index contributed by atoms with van der Waals surface area (Å²) >= 11 is 0. The average Bonchev–Trinajstić information content (AvgIpc) is 3.18. The molecule has 0 spiro atoms. The van der Waals surface area contributed by atoms with Crippen molar-refractivity contribution >= 4 is 0 Å². The molecule has 1 fully saturated rings. The van der Waals surface area contributed by atoms with Crippen LogP contribution in [0.5, 0.6) is 5.75 Å². The van der Waals surface area contributed by atoms with E-state index in [0.717, 1.165) is 12.5 Å². The van der Waals surface area contributed by atoms with Crippen LogP contribution in [0.25, 0.3) is 0 Å². The predicted octanol–water partition coefficient (Wildman–Crippen LogP) is 1.96. The van der Waals surface area contributed by atoms with E-state index in [4.69, 9.17) is 4.74 Å². The molecular weight excluding hydrogens is 233 g/mol. The summed E-state index contributed by atoms with van der Waals surface area (Å²) < 4.78 is 18.4. The molecule has 1 unspecified atom stereocenters. The van der Waals surface area contributed by atoms with Gasteiger partial charge in [-0.2, -0.15) is 0 Å². The van der Waals surface area contributed by atoms with Gasteiger partial charge in [-0.1, -0.05) is 25.0 Å². The maximum Gasteiger partial charge on any atom is 0.165 e. The summed E-state index contributed by atoms with van der Waals surface area (Å²) in [6.07, 6.45) is 3.27. The van der Waals surface area contributed by atoms with E-state index >= 15 is 0 Å². The maximum absolute atomic E-state index is 13.2. The first-order valence-corrected chi connectivity index (χ1v) is 6.52. The molecule has 0 radical (unpaired) electrons. The van der Waals surface area contributed by atoms with Crippen molar-refractivity contribution in [1.29, 1.82) is 0 Å². The number of aliphatic hydroxyl groups is 1. The van der Waals surface area contributed by atoms with E-state index in [0.29, 0.717) is 6.54 Å². The third-order valence-corrected chi connectivity index (χ3v) is 3.07. The first-order valence-electron chi connectivity index (χ1n) is 6.52. The second kappa shape index (κ2) is 6.71. The van der Waals surface area contributed by atoms with Gasteiger partial charge < -0.3 is 15.2 Å². The fourth-order valence-electron chi connectivity index (χ4n) is 1.79. The molecule has 0 aromatic heterocycles. The highest BCUT2D eigenvalue weighted by Crippen LogP contribution is 2.31. The minimum atomic E-state index is -0.608. The molecule has 0 amide bonds. The zero-order valence-electron chi connectivity index (χ0n) is 10.4. The number of para-hydroxylation sites is 1. The van der Waals surface area contributed by atoms with Gasteiger partial charge >= 0.3 is 0 Å². The van der Waals surface area contributed by atoms with E-state index in [1.54, 1.807) is 18.2 Å². The Kier molecular flexibility index (Phi) is 4.96. The number of benzene rings is 1. The molecule has 1 aliphatic rings. The second-order valence-electron chi connectivity index (χ2n) is 4.83. The first-order chi connectivity index (χ1) is 8.75. The van der Waals surface area contributed by atoms with Crippen LogP contribution in [-0.4, -0.2) is 30.9 Å². The van der Waals surface area contributed by atoms with Gasteiger partial charge in [0.1, 0.15) is 12.7 Å². The van der Waals surface area contributed by atoms with E-state index in [-0.39, 0.29) is 12.4 Å². The Morgan fingerprint density at radius 2 is 2.17 bits per heavy atom. The Balaban J connectivity index is 1.58. The number of rotatable bonds is 8. The summed E-state index contributed by atoms with van der Waals surface area (Å²) in [6, 6.07) is 6.22. The molecule has 100 valence electrons. The highest BCUT2D eigenvalue weighted by Gasteiger charge is 2.20. The van der Waals surface area contributed by atoms with E-state index < -0.39 is 11.9 Å². The topological polar surface area (TPSA) is 41.5 Å². The van der Waals surface area contributed by atoms with Gasteiger partial charge in [0, 0.05) is 6.54 Å². The summed E-state index contributed by atoms with van der Waals surface area (Å²) in [5.41, 5.74) is 0. The van der Waals surface area contributed by atoms with Crippen molar-refractivity contribution in [3.63, 3.8) is 0 Å². The fraction of sp³-hybridized carbons (Fsp3) is 0.571. The molecule has 0 bridgehead atoms. The second-order valence-corrected chi connectivity index (χ2v) is 4.83. The van der Waals surface area contributed by atoms with Crippen LogP contribution in [0, 0.1) is 11.7 Å². The van der Waals surface area contributed by atoms with Crippen LogP contribution in [0.4, 0.5) is 4.39 Å². The number of halogens is 1. The van der Waals surface area contributed by atoms with Crippen LogP contribution in [0.15, 0.2) is 24.3 Å². The van der Waals surface area contributed by atoms with Crippen molar-refractivity contribution in [3.05, 3.63) is 30.1 Å². The highest BCUT2D eigenvalue weighted by atomic mass is 19.1. The largest absolute Gasteiger partial charge is 0.488 e. The molecule has 1 aromatic rings. The zero-order valence-corrected chi connectivity index (χ0v) is 10.4. The van der Waals surface area contributed by atoms with Crippen LogP contribution in [-0.2, 0) is 0 Å². The van der Waals surface area contributed by atoms with Crippen LogP contribution in [0.2, 0.25) is 0 Å². The monoisotopic (exact) mass is 253 g/mol. The molecule has 2 N–H and O–H groups in total. The lowest BCUT2D eigenvalue weighted by Gasteiger charge is -2.13. The molecule has 0 saturated heterocycles. The molecule has 1 atom stereocenters. The van der Waals surface area contributed by atoms with Crippen LogP contribution in [0.1, 0.15) is 19.3 Å². The van der Waals surface area contributed by atoms with Crippen LogP contribution < -0.4 is 10.1 Å². The molecule has 1 saturated carbocycles. The van der Waals surface area contributed by atoms with Gasteiger partial charge in [0.15, 0.2) is 11.6 Å². The van der Waals surface area contributed by atoms with Crippen molar-refractivity contribution in [3.8, 4) is 5.75 Å². The number of nitrogens with one attached hydrogen (secondary N) is 1. The smallest absolute Gasteiger partial charge is 0.165 e. The Morgan fingerprint density at radius 3 is 2.89 bits per heavy atom. The summed E-state index contributed by atoms with van der Waals surface area (Å²) in [4.78, 5) is 0. The average molecular weight is 253 g/mol. The van der Waals surface area contributed by atoms with Crippen molar-refractivity contribution in [1.82, 2.24) is 5.32 Å². The van der Waals surface area contributed by atoms with Crippen molar-refractivity contribution in [2.45, 2.75) is 25.4 Å². The van der Waals surface area contributed by atoms with Crippen molar-refractivity contribution in [2.75, 3.05) is 19.7 Å². The van der Waals surface area contributed by atoms with E-state index in [1.165, 1.54) is 25.3 Å². The number of hydrogen-bond donors (Lipinski definition) is 2. The minimum absolute atomic E-state index is 0.108. The minimum Gasteiger partial charge on any atom is -0.488 e. The summed E-state index contributed by atoms with van der Waals surface area (Å²) in [6.45, 7) is 1.53. The fourth-order valence-corrected chi connectivity index (χ4v) is 1.79. The lowest BCUT2D eigenvalue weighted by Crippen LogP contribution is -2.32. The Morgan fingerprint density at radius 1 is 1.39 bits per heavy atom. The third kappa shape index (κ3) is 4.63. The van der Waals surface area contributed by atoms with Crippen molar-refractivity contribution in [2.24, 2.45) is 5.92 Å². The van der Waals surface area contributed by atoms with E-state index in [1.807, 2.05) is 0 Å². The molecular formula is C14H20FNO2. The SMILES string of the molecule is OC(CNCCC1CC1)COc1ccccc1F. The molecule has 4 heteroatoms. The van der Waals surface area contributed by atoms with Gasteiger partial charge in [0.05, 0.1) is 0 Å². The Bertz CT molecular complexity index is 369. The van der Waals surface area contributed by atoms with Gasteiger partial charge in [0.2, 0.25) is 0 Å². The zero-order chi connectivity index (χ0) is 12.8. The van der Waals surface area contributed by atoms with Gasteiger partial charge in [-0.05, 0) is 31.0 Å². The van der Waals surface area contributed by atoms with Crippen LogP contribution in [0.3, 0.4) is 0 Å². The quantitative estimate of drug-likeness (QED) is 0.696. The Labute approximate surface area is 107 Å². The highest BCUT2D eigenvalue weighted by molar-refractivity contribution is 5.23. The van der Waals surface area contributed by atoms with Gasteiger partial charge in [0.25, 0.3) is 0 Å². The van der Waals surface area contributed by atoms with Gasteiger partial charge in [-0.25, -0.2) is 4.39 Å². The molecule has 0 aliphatic heterocycles. The predicted molar refractivity (Wildman–Crippen MR) is 68.1 cm³/mol. The summed E-state index contributed by atoms with van der Waals surface area (Å²) in [7, 11) is 0. The number of aliphatic hydroxyl groups excluding tert-OH is 1. The Hall–Kier alpha value is -1.13. The molecule has 0 heterocycles. The molecule has 18 heavy (non-hydrogen) atoms. The number of hydrogen-bond acceptors (Lipinski definition) is 3. The maximum atomic E-state index is 13.2. The lowest BCUT2D eigenvalue weighted by molar-refractivity contribution is 0.104. The van der Waals surface area contributed by atoms with Gasteiger partial charge in [-0.3, -0.25) is 0 Å². The summed E-state index contributed by atoms with van der Waals surface area (Å²) in [5, 5.41) is 12.9. The van der Waals surface area contributed by atoms with Gasteiger partial charge in [-0.15, -0.1) is 0 Å². The number of ether oxygens (including phenoxy) is 1. The third-order valence-electron chi connectivity index (χ3n) is 3.07. The van der Waals surface area contributed by atoms with Crippen LogP contribution >= 0.6 is 0 Å². The van der Waals surface area contributed by atoms with Crippen molar-refractivity contribution < 1.29 is 14.2 Å². The normalized spacial score (nSPS) is 16.6. The van der Waals surface area contributed by atoms with E-state index in [9.17, 15) is 9.50 Å². The lowest BCUT2D eigenvalue weighted by atomic mass is 10.3. The standard InChI is InChI=1S/C14H20FNO2/c15-13-3-1-2-4-14(13)18-10-12(17)9-16-8-7-11-5-6-11/h1-4,11-12,16-17H,5-10H2. The van der Waals surface area contributed by atoms with E-state index in [2.05, 4.69) is 5.32 Å². The molecule has 2 rings (SSSR count). The first kappa shape index (κ1) is 13.3. The molecule has 1 aliphatic carbocycles. The summed E-state index contributed by atoms with van der Waals surface area (Å²) in [5.74, 6) is 0.685.